The summed E-state index contributed by atoms with van der Waals surface area (Å²) in [7, 11) is 0. The molecule has 0 aliphatic heterocycles. The van der Waals surface area contributed by atoms with Crippen LogP contribution in [0.1, 0.15) is 11.1 Å². The van der Waals surface area contributed by atoms with Crippen molar-refractivity contribution in [2.24, 2.45) is 0 Å². The van der Waals surface area contributed by atoms with E-state index in [0.29, 0.717) is 11.1 Å². The van der Waals surface area contributed by atoms with Crippen LogP contribution in [0.5, 0.6) is 17.2 Å². The lowest BCUT2D eigenvalue weighted by molar-refractivity contribution is 0.450. The van der Waals surface area contributed by atoms with E-state index in [1.165, 1.54) is 6.07 Å². The van der Waals surface area contributed by atoms with Gasteiger partial charge in [-0.3, -0.25) is 4.98 Å². The minimum Gasteiger partial charge on any atom is -0.508 e. The van der Waals surface area contributed by atoms with E-state index in [-0.39, 0.29) is 17.2 Å². The van der Waals surface area contributed by atoms with E-state index in [0.717, 1.165) is 10.9 Å². The number of hydrogen-bond donors (Lipinski definition) is 3. The minimum absolute atomic E-state index is 0.00637. The van der Waals surface area contributed by atoms with Crippen molar-refractivity contribution in [1.82, 2.24) is 4.98 Å². The molecule has 0 saturated carbocycles. The molecule has 0 unspecified atom stereocenters. The number of nitrogens with zero attached hydrogens (tertiary/aromatic N) is 1. The van der Waals surface area contributed by atoms with Crippen molar-refractivity contribution in [3.05, 3.63) is 59.8 Å². The van der Waals surface area contributed by atoms with Crippen LogP contribution in [0.3, 0.4) is 0 Å². The molecule has 2 aromatic carbocycles. The first kappa shape index (κ1) is 13.0. The van der Waals surface area contributed by atoms with Gasteiger partial charge in [-0.25, -0.2) is 0 Å². The molecular formula is C17H13NO3. The summed E-state index contributed by atoms with van der Waals surface area (Å²) in [5.41, 5.74) is 2.11. The fourth-order valence-corrected chi connectivity index (χ4v) is 2.23. The van der Waals surface area contributed by atoms with E-state index in [9.17, 15) is 15.3 Å². The molecule has 0 amide bonds. The van der Waals surface area contributed by atoms with Gasteiger partial charge in [0.15, 0.2) is 0 Å². The molecule has 0 radical (unpaired) electrons. The summed E-state index contributed by atoms with van der Waals surface area (Å²) in [6.45, 7) is 0. The topological polar surface area (TPSA) is 73.6 Å². The molecule has 1 heterocycles. The van der Waals surface area contributed by atoms with Crippen LogP contribution in [-0.4, -0.2) is 20.3 Å². The maximum Gasteiger partial charge on any atom is 0.141 e. The van der Waals surface area contributed by atoms with Crippen LogP contribution >= 0.6 is 0 Å². The van der Waals surface area contributed by atoms with Gasteiger partial charge in [0.05, 0.1) is 0 Å². The molecule has 1 aromatic heterocycles. The number of pyridine rings is 1. The molecule has 4 heteroatoms. The van der Waals surface area contributed by atoms with E-state index < -0.39 is 0 Å². The van der Waals surface area contributed by atoms with Crippen molar-refractivity contribution in [3.8, 4) is 17.2 Å². The second-order valence-electron chi connectivity index (χ2n) is 4.69. The average Bonchev–Trinajstić information content (AvgIpc) is 2.46. The molecule has 0 spiro atoms. The van der Waals surface area contributed by atoms with E-state index >= 15 is 0 Å². The maximum absolute atomic E-state index is 9.80. The van der Waals surface area contributed by atoms with E-state index in [1.54, 1.807) is 42.6 Å². The third-order valence-electron chi connectivity index (χ3n) is 3.16. The van der Waals surface area contributed by atoms with Crippen molar-refractivity contribution in [1.29, 1.82) is 0 Å². The Morgan fingerprint density at radius 3 is 2.38 bits per heavy atom. The highest BCUT2D eigenvalue weighted by atomic mass is 16.3. The molecular weight excluding hydrogens is 266 g/mol. The van der Waals surface area contributed by atoms with Gasteiger partial charge in [-0.1, -0.05) is 24.3 Å². The number of benzene rings is 2. The number of hydrogen-bond acceptors (Lipinski definition) is 4. The number of aromatic hydroxyl groups is 3. The highest BCUT2D eigenvalue weighted by Gasteiger charge is 2.04. The lowest BCUT2D eigenvalue weighted by Gasteiger charge is -2.04. The Labute approximate surface area is 121 Å². The number of rotatable bonds is 2. The van der Waals surface area contributed by atoms with Gasteiger partial charge in [-0.2, -0.15) is 0 Å². The number of phenolic OH excluding ortho intramolecular Hbond substituents is 3. The van der Waals surface area contributed by atoms with E-state index in [2.05, 4.69) is 4.98 Å². The molecule has 0 bridgehead atoms. The fraction of sp³-hybridized carbons (Fsp3) is 0. The molecule has 0 fully saturated rings. The molecule has 0 aliphatic rings. The summed E-state index contributed by atoms with van der Waals surface area (Å²) < 4.78 is 0. The first-order valence-electron chi connectivity index (χ1n) is 6.41. The van der Waals surface area contributed by atoms with Crippen LogP contribution in [0.4, 0.5) is 0 Å². The molecule has 3 N–H and O–H groups in total. The third-order valence-corrected chi connectivity index (χ3v) is 3.16. The van der Waals surface area contributed by atoms with Crippen LogP contribution < -0.4 is 0 Å². The quantitative estimate of drug-likeness (QED) is 0.627. The van der Waals surface area contributed by atoms with Crippen LogP contribution in [0.2, 0.25) is 0 Å². The van der Waals surface area contributed by atoms with Crippen LogP contribution in [0, 0.1) is 0 Å². The van der Waals surface area contributed by atoms with E-state index in [1.807, 2.05) is 12.1 Å². The first-order valence-corrected chi connectivity index (χ1v) is 6.41. The van der Waals surface area contributed by atoms with Crippen LogP contribution in [0.15, 0.2) is 48.7 Å². The van der Waals surface area contributed by atoms with E-state index in [4.69, 9.17) is 0 Å². The van der Waals surface area contributed by atoms with Gasteiger partial charge in [0.25, 0.3) is 0 Å². The summed E-state index contributed by atoms with van der Waals surface area (Å²) in [6.07, 6.45) is 5.25. The molecule has 0 atom stereocenters. The minimum atomic E-state index is 0.00637. The number of aromatic nitrogens is 1. The van der Waals surface area contributed by atoms with Gasteiger partial charge in [-0.15, -0.1) is 0 Å². The zero-order valence-electron chi connectivity index (χ0n) is 11.1. The molecule has 0 aliphatic carbocycles. The Bertz CT molecular complexity index is 820. The Balaban J connectivity index is 2.05. The summed E-state index contributed by atoms with van der Waals surface area (Å²) in [5, 5.41) is 29.6. The third kappa shape index (κ3) is 2.65. The smallest absolute Gasteiger partial charge is 0.141 e. The van der Waals surface area contributed by atoms with Gasteiger partial charge in [-0.05, 0) is 35.4 Å². The normalized spacial score (nSPS) is 11.2. The zero-order valence-corrected chi connectivity index (χ0v) is 11.1. The summed E-state index contributed by atoms with van der Waals surface area (Å²) in [6, 6.07) is 11.4. The van der Waals surface area contributed by atoms with Gasteiger partial charge in [0.1, 0.15) is 22.8 Å². The molecule has 21 heavy (non-hydrogen) atoms. The Hall–Kier alpha value is -3.01. The molecule has 3 rings (SSSR count). The van der Waals surface area contributed by atoms with Crippen LogP contribution in [0.25, 0.3) is 23.1 Å². The Morgan fingerprint density at radius 2 is 1.62 bits per heavy atom. The van der Waals surface area contributed by atoms with Crippen molar-refractivity contribution in [2.75, 3.05) is 0 Å². The number of fused-ring (bicyclic) bond motifs is 1. The average molecular weight is 279 g/mol. The standard InChI is InChI=1S/C17H13NO3/c19-13-8-11(9-14(20)10-13)3-4-12-5-6-16(21)17-15(12)2-1-7-18-17/h1-10,19-21H. The lowest BCUT2D eigenvalue weighted by Crippen LogP contribution is -1.82. The second kappa shape index (κ2) is 5.17. The SMILES string of the molecule is Oc1cc(O)cc(C=Cc2ccc(O)c3ncccc23)c1. The maximum atomic E-state index is 9.80. The molecule has 3 aromatic rings. The van der Waals surface area contributed by atoms with Gasteiger partial charge in [0.2, 0.25) is 0 Å². The summed E-state index contributed by atoms with van der Waals surface area (Å²) in [4.78, 5) is 4.16. The van der Waals surface area contributed by atoms with Crippen molar-refractivity contribution < 1.29 is 15.3 Å². The lowest BCUT2D eigenvalue weighted by atomic mass is 10.1. The van der Waals surface area contributed by atoms with Crippen molar-refractivity contribution in [3.63, 3.8) is 0 Å². The largest absolute Gasteiger partial charge is 0.508 e. The first-order chi connectivity index (χ1) is 10.1. The molecule has 0 saturated heterocycles. The fourth-order valence-electron chi connectivity index (χ4n) is 2.23. The second-order valence-corrected chi connectivity index (χ2v) is 4.69. The summed E-state index contributed by atoms with van der Waals surface area (Å²) in [5.74, 6) is 0.150. The van der Waals surface area contributed by atoms with Crippen LogP contribution in [-0.2, 0) is 0 Å². The highest BCUT2D eigenvalue weighted by Crippen LogP contribution is 2.27. The predicted octanol–water partition coefficient (Wildman–Crippen LogP) is 3.52. The van der Waals surface area contributed by atoms with Gasteiger partial charge in [0, 0.05) is 17.6 Å². The zero-order chi connectivity index (χ0) is 14.8. The molecule has 104 valence electrons. The van der Waals surface area contributed by atoms with Crippen molar-refractivity contribution >= 4 is 23.1 Å². The Kier molecular flexibility index (Phi) is 3.20. The summed E-state index contributed by atoms with van der Waals surface area (Å²) >= 11 is 0. The van der Waals surface area contributed by atoms with Gasteiger partial charge >= 0.3 is 0 Å². The van der Waals surface area contributed by atoms with Gasteiger partial charge < -0.3 is 15.3 Å². The predicted molar refractivity (Wildman–Crippen MR) is 82.1 cm³/mol. The monoisotopic (exact) mass is 279 g/mol. The number of phenols is 3. The molecule has 4 nitrogen and oxygen atoms in total. The van der Waals surface area contributed by atoms with Crippen molar-refractivity contribution in [2.45, 2.75) is 0 Å². The Morgan fingerprint density at radius 1 is 0.857 bits per heavy atom. The highest BCUT2D eigenvalue weighted by molar-refractivity contribution is 5.93.